The molecule has 0 fully saturated rings. The molecule has 0 spiro atoms. The van der Waals surface area contributed by atoms with Crippen molar-refractivity contribution in [3.63, 3.8) is 0 Å². The summed E-state index contributed by atoms with van der Waals surface area (Å²) in [5, 5.41) is 0. The summed E-state index contributed by atoms with van der Waals surface area (Å²) in [4.78, 5) is 1.41. The van der Waals surface area contributed by atoms with Crippen molar-refractivity contribution in [2.45, 2.75) is 51.3 Å². The third kappa shape index (κ3) is 3.75. The molecule has 0 radical (unpaired) electrons. The Morgan fingerprint density at radius 3 is 2.46 bits per heavy atom. The zero-order chi connectivity index (χ0) is 19.2. The van der Waals surface area contributed by atoms with Gasteiger partial charge in [0.25, 0.3) is 0 Å². The second kappa shape index (κ2) is 9.12. The SMILES string of the molecule is C/C=C\C=C=CCc1ccc2c(c1SC)-c1ccccc1C2(C)C.CC. The third-order valence-corrected chi connectivity index (χ3v) is 5.69. The molecule has 0 amide bonds. The van der Waals surface area contributed by atoms with Gasteiger partial charge >= 0.3 is 0 Å². The molecule has 0 saturated heterocycles. The van der Waals surface area contributed by atoms with Gasteiger partial charge in [-0.3, -0.25) is 0 Å². The normalized spacial score (nSPS) is 13.3. The molecule has 0 nitrogen and oxygen atoms in total. The molecule has 0 heterocycles. The maximum atomic E-state index is 3.24. The highest BCUT2D eigenvalue weighted by Crippen LogP contribution is 2.52. The smallest absolute Gasteiger partial charge is 0.0186 e. The van der Waals surface area contributed by atoms with E-state index in [-0.39, 0.29) is 5.41 Å². The second-order valence-corrected chi connectivity index (χ2v) is 7.43. The summed E-state index contributed by atoms with van der Waals surface area (Å²) in [6, 6.07) is 13.5. The molecular formula is C25H30S. The maximum Gasteiger partial charge on any atom is 0.0186 e. The first kappa shape index (κ1) is 20.4. The van der Waals surface area contributed by atoms with Gasteiger partial charge in [-0.1, -0.05) is 76.2 Å². The lowest BCUT2D eigenvalue weighted by molar-refractivity contribution is 0.659. The Kier molecular flexibility index (Phi) is 7.14. The molecule has 136 valence electrons. The molecular weight excluding hydrogens is 332 g/mol. The van der Waals surface area contributed by atoms with Crippen LogP contribution in [0, 0.1) is 0 Å². The van der Waals surface area contributed by atoms with Gasteiger partial charge in [-0.25, -0.2) is 0 Å². The monoisotopic (exact) mass is 362 g/mol. The van der Waals surface area contributed by atoms with Gasteiger partial charge in [0.05, 0.1) is 0 Å². The molecule has 0 atom stereocenters. The zero-order valence-corrected chi connectivity index (χ0v) is 17.7. The van der Waals surface area contributed by atoms with E-state index < -0.39 is 0 Å². The van der Waals surface area contributed by atoms with Crippen LogP contribution < -0.4 is 0 Å². The minimum Gasteiger partial charge on any atom is -0.129 e. The molecule has 1 heteroatoms. The van der Waals surface area contributed by atoms with E-state index in [1.54, 1.807) is 0 Å². The number of rotatable bonds is 4. The molecule has 0 N–H and O–H groups in total. The molecule has 2 aromatic carbocycles. The van der Waals surface area contributed by atoms with Gasteiger partial charge in [-0.15, -0.1) is 17.5 Å². The second-order valence-electron chi connectivity index (χ2n) is 6.62. The maximum absolute atomic E-state index is 3.24. The van der Waals surface area contributed by atoms with Gasteiger partial charge in [-0.05, 0) is 59.6 Å². The van der Waals surface area contributed by atoms with Crippen molar-refractivity contribution in [3.05, 3.63) is 83.1 Å². The van der Waals surface area contributed by atoms with E-state index in [9.17, 15) is 0 Å². The zero-order valence-electron chi connectivity index (χ0n) is 16.9. The first-order valence-electron chi connectivity index (χ1n) is 9.43. The van der Waals surface area contributed by atoms with Gasteiger partial charge < -0.3 is 0 Å². The number of hydrogen-bond donors (Lipinski definition) is 0. The van der Waals surface area contributed by atoms with Crippen molar-refractivity contribution in [1.82, 2.24) is 0 Å². The number of benzene rings is 2. The van der Waals surface area contributed by atoms with E-state index in [0.29, 0.717) is 0 Å². The van der Waals surface area contributed by atoms with E-state index in [1.165, 1.54) is 32.7 Å². The summed E-state index contributed by atoms with van der Waals surface area (Å²) < 4.78 is 0. The Balaban J connectivity index is 0.00000117. The van der Waals surface area contributed by atoms with Crippen LogP contribution in [0.2, 0.25) is 0 Å². The summed E-state index contributed by atoms with van der Waals surface area (Å²) in [7, 11) is 0. The van der Waals surface area contributed by atoms with Crippen molar-refractivity contribution in [1.29, 1.82) is 0 Å². The minimum atomic E-state index is 0.0800. The summed E-state index contributed by atoms with van der Waals surface area (Å²) in [5.74, 6) is 0. The first-order valence-corrected chi connectivity index (χ1v) is 10.7. The summed E-state index contributed by atoms with van der Waals surface area (Å²) >= 11 is 1.86. The van der Waals surface area contributed by atoms with Crippen molar-refractivity contribution in [3.8, 4) is 11.1 Å². The van der Waals surface area contributed by atoms with Gasteiger partial charge in [-0.2, -0.15) is 0 Å². The molecule has 3 rings (SSSR count). The summed E-state index contributed by atoms with van der Waals surface area (Å²) in [6.07, 6.45) is 11.2. The van der Waals surface area contributed by atoms with Crippen LogP contribution in [-0.4, -0.2) is 6.26 Å². The molecule has 0 saturated carbocycles. The van der Waals surface area contributed by atoms with Crippen LogP contribution in [0.3, 0.4) is 0 Å². The largest absolute Gasteiger partial charge is 0.129 e. The van der Waals surface area contributed by atoms with E-state index in [4.69, 9.17) is 0 Å². The molecule has 2 aromatic rings. The van der Waals surface area contributed by atoms with E-state index in [2.05, 4.69) is 68.3 Å². The Bertz CT molecular complexity index is 846. The molecule has 0 unspecified atom stereocenters. The van der Waals surface area contributed by atoms with Crippen molar-refractivity contribution < 1.29 is 0 Å². The quantitative estimate of drug-likeness (QED) is 0.307. The number of fused-ring (bicyclic) bond motifs is 3. The topological polar surface area (TPSA) is 0 Å². The molecule has 0 aliphatic heterocycles. The standard InChI is InChI=1S/C23H24S.C2H6/c1-5-6-7-8-9-12-17-15-16-20-21(22(17)24-4)18-13-10-11-14-19(18)23(20,2)3;1-2/h5-7,9-11,13-16H,12H2,1-4H3;1-2H3/b6-5-;. The Labute approximate surface area is 163 Å². The molecule has 0 bridgehead atoms. The lowest BCUT2D eigenvalue weighted by Gasteiger charge is -2.22. The van der Waals surface area contributed by atoms with Crippen LogP contribution in [0.15, 0.2) is 71.3 Å². The van der Waals surface area contributed by atoms with Gasteiger partial charge in [0.1, 0.15) is 0 Å². The highest BCUT2D eigenvalue weighted by atomic mass is 32.2. The number of hydrogen-bond acceptors (Lipinski definition) is 1. The highest BCUT2D eigenvalue weighted by molar-refractivity contribution is 7.98. The van der Waals surface area contributed by atoms with E-state index >= 15 is 0 Å². The number of thioether (sulfide) groups is 1. The Hall–Kier alpha value is -1.95. The van der Waals surface area contributed by atoms with E-state index in [1.807, 2.05) is 50.8 Å². The summed E-state index contributed by atoms with van der Waals surface area (Å²) in [6.45, 7) is 10.7. The van der Waals surface area contributed by atoms with Crippen LogP contribution in [-0.2, 0) is 11.8 Å². The van der Waals surface area contributed by atoms with Crippen LogP contribution in [0.1, 0.15) is 51.3 Å². The van der Waals surface area contributed by atoms with E-state index in [0.717, 1.165) is 6.42 Å². The van der Waals surface area contributed by atoms with Gasteiger partial charge in [0.15, 0.2) is 0 Å². The minimum absolute atomic E-state index is 0.0800. The van der Waals surface area contributed by atoms with Crippen molar-refractivity contribution in [2.24, 2.45) is 0 Å². The molecule has 1 aliphatic carbocycles. The van der Waals surface area contributed by atoms with Gasteiger partial charge in [0, 0.05) is 10.3 Å². The summed E-state index contributed by atoms with van der Waals surface area (Å²) in [5.41, 5.74) is 10.4. The lowest BCUT2D eigenvalue weighted by atomic mass is 9.82. The fourth-order valence-corrected chi connectivity index (χ4v) is 4.43. The average molecular weight is 363 g/mol. The van der Waals surface area contributed by atoms with Crippen LogP contribution in [0.25, 0.3) is 11.1 Å². The first-order chi connectivity index (χ1) is 12.6. The molecule has 1 aliphatic rings. The fourth-order valence-electron chi connectivity index (χ4n) is 3.59. The van der Waals surface area contributed by atoms with Crippen LogP contribution in [0.5, 0.6) is 0 Å². The number of allylic oxidation sites excluding steroid dienone is 3. The highest BCUT2D eigenvalue weighted by Gasteiger charge is 2.36. The predicted molar refractivity (Wildman–Crippen MR) is 118 cm³/mol. The average Bonchev–Trinajstić information content (AvgIpc) is 2.91. The van der Waals surface area contributed by atoms with Crippen LogP contribution >= 0.6 is 11.8 Å². The Morgan fingerprint density at radius 2 is 1.77 bits per heavy atom. The van der Waals surface area contributed by atoms with Gasteiger partial charge in [0.2, 0.25) is 0 Å². The fraction of sp³-hybridized carbons (Fsp3) is 0.320. The van der Waals surface area contributed by atoms with Crippen LogP contribution in [0.4, 0.5) is 0 Å². The molecule has 0 aromatic heterocycles. The predicted octanol–water partition coefficient (Wildman–Crippen LogP) is 7.57. The lowest BCUT2D eigenvalue weighted by Crippen LogP contribution is -2.14. The third-order valence-electron chi connectivity index (χ3n) is 4.81. The molecule has 26 heavy (non-hydrogen) atoms. The van der Waals surface area contributed by atoms with Crippen molar-refractivity contribution in [2.75, 3.05) is 6.26 Å². The van der Waals surface area contributed by atoms with Crippen molar-refractivity contribution >= 4 is 11.8 Å². The Morgan fingerprint density at radius 1 is 1.04 bits per heavy atom.